The summed E-state index contributed by atoms with van der Waals surface area (Å²) >= 11 is 0. The van der Waals surface area contributed by atoms with Gasteiger partial charge in [-0.1, -0.05) is 0 Å². The van der Waals surface area contributed by atoms with Crippen LogP contribution in [0.5, 0.6) is 5.75 Å². The van der Waals surface area contributed by atoms with Crippen molar-refractivity contribution in [2.45, 2.75) is 45.3 Å². The van der Waals surface area contributed by atoms with Crippen molar-refractivity contribution in [3.8, 4) is 5.75 Å². The Morgan fingerprint density at radius 2 is 1.90 bits per heavy atom. The molecule has 0 fully saturated rings. The van der Waals surface area contributed by atoms with Gasteiger partial charge in [0.1, 0.15) is 11.6 Å². The predicted molar refractivity (Wildman–Crippen MR) is 121 cm³/mol. The molecule has 0 radical (unpaired) electrons. The molecule has 9 heteroatoms. The van der Waals surface area contributed by atoms with E-state index in [4.69, 9.17) is 9.47 Å². The molecule has 0 aliphatic rings. The van der Waals surface area contributed by atoms with E-state index < -0.39 is 5.60 Å². The van der Waals surface area contributed by atoms with Crippen molar-refractivity contribution in [2.75, 3.05) is 37.6 Å². The van der Waals surface area contributed by atoms with Crippen molar-refractivity contribution in [1.29, 1.82) is 0 Å². The maximum Gasteiger partial charge on any atom is 0.327 e. The average Bonchev–Trinajstić information content (AvgIpc) is 2.74. The van der Waals surface area contributed by atoms with Gasteiger partial charge in [-0.2, -0.15) is 4.98 Å². The summed E-state index contributed by atoms with van der Waals surface area (Å²) in [6, 6.07) is 8.20. The van der Waals surface area contributed by atoms with Crippen LogP contribution in [0.1, 0.15) is 33.6 Å². The van der Waals surface area contributed by atoms with Crippen molar-refractivity contribution in [1.82, 2.24) is 15.3 Å². The average molecular weight is 432 g/mol. The van der Waals surface area contributed by atoms with E-state index in [9.17, 15) is 9.90 Å². The highest BCUT2D eigenvalue weighted by molar-refractivity contribution is 5.98. The molecule has 2 rings (SSSR count). The molecule has 1 aromatic carbocycles. The molecule has 1 unspecified atom stereocenters. The predicted octanol–water partition coefficient (Wildman–Crippen LogP) is 3.33. The Morgan fingerprint density at radius 3 is 2.52 bits per heavy atom. The van der Waals surface area contributed by atoms with E-state index in [2.05, 4.69) is 20.6 Å². The fourth-order valence-electron chi connectivity index (χ4n) is 2.64. The van der Waals surface area contributed by atoms with Crippen LogP contribution in [0, 0.1) is 0 Å². The second-order valence-electron chi connectivity index (χ2n) is 7.72. The van der Waals surface area contributed by atoms with Crippen LogP contribution in [0.15, 0.2) is 36.5 Å². The molecule has 0 aliphatic heterocycles. The standard InChI is InChI=1S/C22H33N5O4/c1-16(22(2,3)29)25-20-23-14-12-19(26-20)27(17-8-10-18(31-5)11-9-17)21(28)24-13-6-7-15-30-4/h8-12,14,16,29H,6-7,13,15H2,1-5H3,(H,24,28)(H,23,25,26). The van der Waals surface area contributed by atoms with Crippen LogP contribution >= 0.6 is 0 Å². The number of benzene rings is 1. The first-order valence-electron chi connectivity index (χ1n) is 10.3. The third-order valence-corrected chi connectivity index (χ3v) is 4.86. The summed E-state index contributed by atoms with van der Waals surface area (Å²) < 4.78 is 10.3. The molecule has 9 nitrogen and oxygen atoms in total. The molecule has 3 N–H and O–H groups in total. The summed E-state index contributed by atoms with van der Waals surface area (Å²) in [5.41, 5.74) is -0.329. The molecule has 0 aliphatic carbocycles. The number of amides is 2. The van der Waals surface area contributed by atoms with Crippen LogP contribution in [0.2, 0.25) is 0 Å². The number of rotatable bonds is 11. The first kappa shape index (κ1) is 24.4. The second kappa shape index (κ2) is 11.5. The summed E-state index contributed by atoms with van der Waals surface area (Å²) in [7, 11) is 3.25. The Labute approximate surface area is 183 Å². The number of unbranched alkanes of at least 4 members (excludes halogenated alkanes) is 1. The largest absolute Gasteiger partial charge is 0.497 e. The molecule has 1 atom stereocenters. The van der Waals surface area contributed by atoms with E-state index in [0.717, 1.165) is 12.8 Å². The fraction of sp³-hybridized carbons (Fsp3) is 0.500. The number of methoxy groups -OCH3 is 2. The lowest BCUT2D eigenvalue weighted by atomic mass is 10.0. The van der Waals surface area contributed by atoms with Gasteiger partial charge in [-0.05, 0) is 57.9 Å². The molecule has 2 aromatic rings. The monoisotopic (exact) mass is 431 g/mol. The zero-order valence-electron chi connectivity index (χ0n) is 18.9. The molecule has 31 heavy (non-hydrogen) atoms. The maximum atomic E-state index is 13.1. The minimum atomic E-state index is -0.964. The summed E-state index contributed by atoms with van der Waals surface area (Å²) in [5.74, 6) is 1.41. The van der Waals surface area contributed by atoms with Gasteiger partial charge in [0.05, 0.1) is 24.4 Å². The summed E-state index contributed by atoms with van der Waals surface area (Å²) in [4.78, 5) is 23.3. The van der Waals surface area contributed by atoms with Crippen LogP contribution in [0.3, 0.4) is 0 Å². The normalized spacial score (nSPS) is 12.2. The zero-order chi connectivity index (χ0) is 22.9. The lowest BCUT2D eigenvalue weighted by Gasteiger charge is -2.27. The highest BCUT2D eigenvalue weighted by atomic mass is 16.5. The first-order chi connectivity index (χ1) is 14.8. The van der Waals surface area contributed by atoms with Gasteiger partial charge in [-0.15, -0.1) is 0 Å². The smallest absolute Gasteiger partial charge is 0.327 e. The molecule has 0 bridgehead atoms. The fourth-order valence-corrected chi connectivity index (χ4v) is 2.64. The molecular formula is C22H33N5O4. The van der Waals surface area contributed by atoms with Gasteiger partial charge in [0.2, 0.25) is 5.95 Å². The number of carbonyl (C=O) groups is 1. The highest BCUT2D eigenvalue weighted by Gasteiger charge is 2.24. The summed E-state index contributed by atoms with van der Waals surface area (Å²) in [5, 5.41) is 16.2. The van der Waals surface area contributed by atoms with E-state index in [1.807, 2.05) is 6.92 Å². The van der Waals surface area contributed by atoms with E-state index >= 15 is 0 Å². The van der Waals surface area contributed by atoms with Gasteiger partial charge in [-0.25, -0.2) is 14.7 Å². The molecule has 1 aromatic heterocycles. The molecule has 170 valence electrons. The summed E-state index contributed by atoms with van der Waals surface area (Å²) in [6.45, 7) is 6.41. The number of ether oxygens (including phenoxy) is 2. The van der Waals surface area contributed by atoms with Gasteiger partial charge in [0.25, 0.3) is 0 Å². The van der Waals surface area contributed by atoms with Crippen molar-refractivity contribution in [2.24, 2.45) is 0 Å². The number of hydrogen-bond acceptors (Lipinski definition) is 7. The van der Waals surface area contributed by atoms with Crippen LogP contribution in [-0.4, -0.2) is 60.1 Å². The third-order valence-electron chi connectivity index (χ3n) is 4.86. The maximum absolute atomic E-state index is 13.1. The number of nitrogens with zero attached hydrogens (tertiary/aromatic N) is 3. The molecular weight excluding hydrogens is 398 g/mol. The number of nitrogens with one attached hydrogen (secondary N) is 2. The van der Waals surface area contributed by atoms with E-state index in [1.54, 1.807) is 64.6 Å². The molecule has 1 heterocycles. The lowest BCUT2D eigenvalue weighted by Crippen LogP contribution is -2.40. The molecule has 0 saturated carbocycles. The number of urea groups is 1. The van der Waals surface area contributed by atoms with Gasteiger partial charge in [-0.3, -0.25) is 0 Å². The van der Waals surface area contributed by atoms with Crippen molar-refractivity contribution in [3.05, 3.63) is 36.5 Å². The van der Waals surface area contributed by atoms with Gasteiger partial charge in [0, 0.05) is 32.5 Å². The molecule has 0 saturated heterocycles. The molecule has 0 spiro atoms. The topological polar surface area (TPSA) is 109 Å². The lowest BCUT2D eigenvalue weighted by molar-refractivity contribution is 0.0646. The Morgan fingerprint density at radius 1 is 1.19 bits per heavy atom. The van der Waals surface area contributed by atoms with Gasteiger partial charge < -0.3 is 25.2 Å². The zero-order valence-corrected chi connectivity index (χ0v) is 18.9. The van der Waals surface area contributed by atoms with Crippen molar-refractivity contribution >= 4 is 23.5 Å². The number of aliphatic hydroxyl groups is 1. The number of aromatic nitrogens is 2. The van der Waals surface area contributed by atoms with Gasteiger partial charge in [0.15, 0.2) is 0 Å². The van der Waals surface area contributed by atoms with Crippen LogP contribution in [-0.2, 0) is 4.74 Å². The molecule has 2 amide bonds. The van der Waals surface area contributed by atoms with E-state index in [1.165, 1.54) is 4.90 Å². The van der Waals surface area contributed by atoms with Crippen molar-refractivity contribution in [3.63, 3.8) is 0 Å². The van der Waals surface area contributed by atoms with Crippen LogP contribution in [0.4, 0.5) is 22.2 Å². The highest BCUT2D eigenvalue weighted by Crippen LogP contribution is 2.27. The number of carbonyl (C=O) groups excluding carboxylic acids is 1. The Hall–Kier alpha value is -2.91. The Balaban J connectivity index is 2.27. The minimum absolute atomic E-state index is 0.299. The minimum Gasteiger partial charge on any atom is -0.497 e. The van der Waals surface area contributed by atoms with Gasteiger partial charge >= 0.3 is 6.03 Å². The van der Waals surface area contributed by atoms with Crippen molar-refractivity contribution < 1.29 is 19.4 Å². The number of anilines is 3. The number of hydrogen-bond donors (Lipinski definition) is 3. The van der Waals surface area contributed by atoms with Crippen LogP contribution < -0.4 is 20.3 Å². The Kier molecular flexibility index (Phi) is 9.02. The Bertz CT molecular complexity index is 823. The third kappa shape index (κ3) is 7.37. The quantitative estimate of drug-likeness (QED) is 0.468. The summed E-state index contributed by atoms with van der Waals surface area (Å²) in [6.07, 6.45) is 3.23. The second-order valence-corrected chi connectivity index (χ2v) is 7.72. The van der Waals surface area contributed by atoms with Crippen LogP contribution in [0.25, 0.3) is 0 Å². The van der Waals surface area contributed by atoms with E-state index in [-0.39, 0.29) is 12.1 Å². The SMILES string of the molecule is COCCCCNC(=O)N(c1ccc(OC)cc1)c1ccnc(NC(C)C(C)(C)O)n1. The van der Waals surface area contributed by atoms with E-state index in [0.29, 0.717) is 36.4 Å². The first-order valence-corrected chi connectivity index (χ1v) is 10.3.